The minimum Gasteiger partial charge on any atom is -0.484 e. The smallest absolute Gasteiger partial charge is 0.143 e. The van der Waals surface area contributed by atoms with Gasteiger partial charge in [0.25, 0.3) is 0 Å². The van der Waals surface area contributed by atoms with Crippen molar-refractivity contribution in [3.63, 3.8) is 0 Å². The SMILES string of the molecule is CC1C=Cc2c(c3ccccc3n2-c2cc(-c3cc(-c4ccc5oc6c(-c7cccc8c7sc7ccccc78)cccc6c5c4)cc(-n4c5ccccc5c5ccccc54)c3)cc(-c3ccc4c(c3)C3C=CC=C(c5cccc6c5sc5ccccc56)C3O4)c2)C1. The van der Waals surface area contributed by atoms with Gasteiger partial charge < -0.3 is 18.3 Å². The monoisotopic (exact) mass is 1200 g/mol. The second kappa shape index (κ2) is 19.6. The van der Waals surface area contributed by atoms with Gasteiger partial charge in [-0.15, -0.1) is 22.7 Å². The summed E-state index contributed by atoms with van der Waals surface area (Å²) in [5, 5.41) is 11.1. The molecule has 0 saturated carbocycles. The zero-order valence-electron chi connectivity index (χ0n) is 49.5. The molecule has 17 aromatic rings. The van der Waals surface area contributed by atoms with E-state index in [1.807, 2.05) is 22.7 Å². The molecule has 0 amide bonds. The molecular formula is C85H54N2O2S2. The molecule has 0 spiro atoms. The second-order valence-electron chi connectivity index (χ2n) is 25.0. The average Bonchev–Trinajstić information content (AvgIpc) is 1.73. The highest BCUT2D eigenvalue weighted by Crippen LogP contribution is 2.51. The first-order chi connectivity index (χ1) is 45.0. The first kappa shape index (κ1) is 51.2. The van der Waals surface area contributed by atoms with Gasteiger partial charge in [-0.25, -0.2) is 0 Å². The third-order valence-electron chi connectivity index (χ3n) is 19.8. The van der Waals surface area contributed by atoms with Gasteiger partial charge in [0.1, 0.15) is 23.0 Å². The van der Waals surface area contributed by atoms with Crippen LogP contribution in [-0.2, 0) is 6.42 Å². The maximum absolute atomic E-state index is 7.11. The Bertz CT molecular complexity index is 6040. The summed E-state index contributed by atoms with van der Waals surface area (Å²) in [5.41, 5.74) is 22.9. The van der Waals surface area contributed by atoms with Gasteiger partial charge in [-0.1, -0.05) is 189 Å². The van der Waals surface area contributed by atoms with Crippen LogP contribution in [-0.4, -0.2) is 15.2 Å². The first-order valence-corrected chi connectivity index (χ1v) is 33.2. The van der Waals surface area contributed by atoms with Crippen LogP contribution in [0.4, 0.5) is 0 Å². The topological polar surface area (TPSA) is 32.2 Å². The van der Waals surface area contributed by atoms with Gasteiger partial charge in [0.15, 0.2) is 0 Å². The average molecular weight is 1200 g/mol. The van der Waals surface area contributed by atoms with Crippen LogP contribution < -0.4 is 4.74 Å². The van der Waals surface area contributed by atoms with Gasteiger partial charge in [0, 0.05) is 113 Å². The van der Waals surface area contributed by atoms with Crippen LogP contribution in [0.1, 0.15) is 35.2 Å². The van der Waals surface area contributed by atoms with E-state index < -0.39 is 0 Å². The van der Waals surface area contributed by atoms with Gasteiger partial charge in [0.2, 0.25) is 0 Å². The highest BCUT2D eigenvalue weighted by Gasteiger charge is 2.38. The molecule has 0 saturated heterocycles. The van der Waals surface area contributed by atoms with E-state index in [2.05, 4.69) is 295 Å². The molecular weight excluding hydrogens is 1150 g/mol. The Hall–Kier alpha value is -10.8. The molecule has 4 nitrogen and oxygen atoms in total. The molecule has 0 radical (unpaired) electrons. The lowest BCUT2D eigenvalue weighted by Gasteiger charge is -2.23. The van der Waals surface area contributed by atoms with E-state index in [0.29, 0.717) is 5.92 Å². The minimum atomic E-state index is -0.148. The fourth-order valence-electron chi connectivity index (χ4n) is 15.7. The summed E-state index contributed by atoms with van der Waals surface area (Å²) in [6.07, 6.45) is 12.5. The Labute approximate surface area is 532 Å². The lowest BCUT2D eigenvalue weighted by atomic mass is 9.83. The van der Waals surface area contributed by atoms with E-state index in [4.69, 9.17) is 9.15 Å². The molecule has 6 heterocycles. The summed E-state index contributed by atoms with van der Waals surface area (Å²) in [7, 11) is 0. The van der Waals surface area contributed by atoms with Crippen molar-refractivity contribution in [2.24, 2.45) is 5.92 Å². The zero-order chi connectivity index (χ0) is 59.6. The number of fused-ring (bicyclic) bond motifs is 18. The molecule has 12 aromatic carbocycles. The Kier molecular flexibility index (Phi) is 11.0. The fraction of sp³-hybridized carbons (Fsp3) is 0.0588. The predicted molar refractivity (Wildman–Crippen MR) is 385 cm³/mol. The van der Waals surface area contributed by atoms with Crippen LogP contribution in [0.5, 0.6) is 5.75 Å². The van der Waals surface area contributed by atoms with E-state index in [-0.39, 0.29) is 12.0 Å². The third-order valence-corrected chi connectivity index (χ3v) is 22.3. The maximum Gasteiger partial charge on any atom is 0.143 e. The second-order valence-corrected chi connectivity index (χ2v) is 27.1. The molecule has 20 rings (SSSR count). The summed E-state index contributed by atoms with van der Waals surface area (Å²) in [6.45, 7) is 2.33. The van der Waals surface area contributed by atoms with E-state index in [1.165, 1.54) is 107 Å². The number of nitrogens with zero attached hydrogens (tertiary/aromatic N) is 2. The fourth-order valence-corrected chi connectivity index (χ4v) is 18.1. The lowest BCUT2D eigenvalue weighted by Crippen LogP contribution is -2.21. The molecule has 91 heavy (non-hydrogen) atoms. The number of allylic oxidation sites excluding steroid dienone is 3. The van der Waals surface area contributed by atoms with Crippen molar-refractivity contribution >= 4 is 129 Å². The number of aromatic nitrogens is 2. The van der Waals surface area contributed by atoms with Crippen molar-refractivity contribution in [2.75, 3.05) is 0 Å². The van der Waals surface area contributed by atoms with Crippen molar-refractivity contribution in [3.05, 3.63) is 295 Å². The number of hydrogen-bond acceptors (Lipinski definition) is 4. The van der Waals surface area contributed by atoms with Gasteiger partial charge in [-0.3, -0.25) is 0 Å². The van der Waals surface area contributed by atoms with E-state index in [9.17, 15) is 0 Å². The summed E-state index contributed by atoms with van der Waals surface area (Å²) >= 11 is 3.73. The van der Waals surface area contributed by atoms with Crippen LogP contribution >= 0.6 is 22.7 Å². The molecule has 0 bridgehead atoms. The Morgan fingerprint density at radius 3 is 1.65 bits per heavy atom. The van der Waals surface area contributed by atoms with Crippen molar-refractivity contribution in [3.8, 4) is 61.6 Å². The number of benzene rings is 12. The Morgan fingerprint density at radius 2 is 0.956 bits per heavy atom. The molecule has 6 heteroatoms. The van der Waals surface area contributed by atoms with Crippen LogP contribution in [0.25, 0.3) is 163 Å². The molecule has 3 unspecified atom stereocenters. The highest BCUT2D eigenvalue weighted by atomic mass is 32.1. The summed E-state index contributed by atoms with van der Waals surface area (Å²) < 4.78 is 24.3. The van der Waals surface area contributed by atoms with Crippen molar-refractivity contribution < 1.29 is 9.15 Å². The molecule has 3 aliphatic rings. The number of thiophene rings is 2. The number of rotatable bonds is 7. The van der Waals surface area contributed by atoms with Crippen molar-refractivity contribution in [2.45, 2.75) is 25.4 Å². The minimum absolute atomic E-state index is 0.0485. The largest absolute Gasteiger partial charge is 0.484 e. The predicted octanol–water partition coefficient (Wildman–Crippen LogP) is 23.7. The number of ether oxygens (including phenoxy) is 1. The van der Waals surface area contributed by atoms with E-state index in [0.717, 1.165) is 84.4 Å². The van der Waals surface area contributed by atoms with Gasteiger partial charge in [0.05, 0.1) is 16.6 Å². The van der Waals surface area contributed by atoms with Crippen LogP contribution in [0.2, 0.25) is 0 Å². The number of hydrogen-bond donors (Lipinski definition) is 0. The molecule has 3 atom stereocenters. The Balaban J connectivity index is 0.781. The molecule has 1 aliphatic heterocycles. The third kappa shape index (κ3) is 7.73. The lowest BCUT2D eigenvalue weighted by molar-refractivity contribution is 0.278. The Morgan fingerprint density at radius 1 is 0.418 bits per heavy atom. The van der Waals surface area contributed by atoms with E-state index >= 15 is 0 Å². The standard InChI is InChI=1S/C85H54N2O2S2/c1-49-34-37-77-71(40-49)60-18-4-9-31-76(60)87(77)57-44-53(51-36-39-79-73(48-51)66-24-13-22-64(83(66)89-79)70-28-15-26-68-62-20-6-11-33-81(62)91-85(68)70)42-55(46-57)54-41-52(43-56(45-54)86-74-29-7-2-16-58(74)59-17-3-8-30-75(59)86)50-35-38-78-72(47-50)65-23-12-21-63(82(65)88-78)69-27-14-25-67-61-19-5-10-32-80(61)90-84(67)69/h2-39,41-49,66,83H,40H2,1H3. The molecule has 2 aliphatic carbocycles. The van der Waals surface area contributed by atoms with Crippen molar-refractivity contribution in [1.82, 2.24) is 9.13 Å². The van der Waals surface area contributed by atoms with E-state index in [1.54, 1.807) is 0 Å². The highest BCUT2D eigenvalue weighted by molar-refractivity contribution is 7.26. The van der Waals surface area contributed by atoms with Crippen molar-refractivity contribution in [1.29, 1.82) is 0 Å². The van der Waals surface area contributed by atoms with Crippen LogP contribution in [0.3, 0.4) is 0 Å². The molecule has 428 valence electrons. The number of furan rings is 1. The zero-order valence-corrected chi connectivity index (χ0v) is 51.2. The normalized spacial score (nSPS) is 16.1. The number of para-hydroxylation sites is 4. The molecule has 0 fully saturated rings. The first-order valence-electron chi connectivity index (χ1n) is 31.6. The van der Waals surface area contributed by atoms with Crippen LogP contribution in [0.15, 0.2) is 277 Å². The summed E-state index contributed by atoms with van der Waals surface area (Å²) in [5.74, 6) is 1.43. The summed E-state index contributed by atoms with van der Waals surface area (Å²) in [4.78, 5) is 0. The maximum atomic E-state index is 7.11. The summed E-state index contributed by atoms with van der Waals surface area (Å²) in [6, 6.07) is 92.5. The van der Waals surface area contributed by atoms with Gasteiger partial charge >= 0.3 is 0 Å². The quantitative estimate of drug-likeness (QED) is 0.159. The van der Waals surface area contributed by atoms with Crippen LogP contribution in [0, 0.1) is 5.92 Å². The van der Waals surface area contributed by atoms with Gasteiger partial charge in [-0.05, 0) is 154 Å². The molecule has 0 N–H and O–H groups in total. The molecule has 5 aromatic heterocycles. The van der Waals surface area contributed by atoms with Gasteiger partial charge in [-0.2, -0.15) is 0 Å².